The van der Waals surface area contributed by atoms with E-state index in [2.05, 4.69) is 16.4 Å². The van der Waals surface area contributed by atoms with Crippen LogP contribution in [-0.4, -0.2) is 10.1 Å². The van der Waals surface area contributed by atoms with E-state index < -0.39 is 5.63 Å². The van der Waals surface area contributed by atoms with E-state index in [1.54, 1.807) is 18.5 Å². The van der Waals surface area contributed by atoms with Gasteiger partial charge in [-0.2, -0.15) is 0 Å². The maximum absolute atomic E-state index is 12.2. The van der Waals surface area contributed by atoms with Crippen LogP contribution < -0.4 is 15.7 Å². The Bertz CT molecular complexity index is 965. The number of rotatable bonds is 6. The summed E-state index contributed by atoms with van der Waals surface area (Å²) >= 11 is 0. The molecule has 0 radical (unpaired) electrons. The molecule has 6 heteroatoms. The van der Waals surface area contributed by atoms with Gasteiger partial charge >= 0.3 is 5.63 Å². The molecule has 6 nitrogen and oxygen atoms in total. The van der Waals surface area contributed by atoms with Crippen molar-refractivity contribution in [3.8, 4) is 11.7 Å². The molecule has 1 saturated carbocycles. The van der Waals surface area contributed by atoms with Crippen molar-refractivity contribution in [1.29, 1.82) is 0 Å². The first-order chi connectivity index (χ1) is 12.7. The molecule has 0 unspecified atom stereocenters. The highest BCUT2D eigenvalue weighted by Crippen LogP contribution is 2.41. The normalized spacial score (nSPS) is 13.4. The molecule has 1 fully saturated rings. The van der Waals surface area contributed by atoms with Crippen LogP contribution in [0.3, 0.4) is 0 Å². The Morgan fingerprint density at radius 1 is 1.23 bits per heavy atom. The zero-order chi connectivity index (χ0) is 17.9. The lowest BCUT2D eigenvalue weighted by Gasteiger charge is -2.10. The lowest BCUT2D eigenvalue weighted by Crippen LogP contribution is -2.08. The summed E-state index contributed by atoms with van der Waals surface area (Å²) in [4.78, 5) is 16.2. The van der Waals surface area contributed by atoms with Crippen LogP contribution in [0.4, 0.5) is 11.4 Å². The molecule has 2 N–H and O–H groups in total. The molecular formula is C20H18N2O4. The number of pyridine rings is 1. The van der Waals surface area contributed by atoms with Gasteiger partial charge in [0.25, 0.3) is 5.95 Å². The first-order valence-corrected chi connectivity index (χ1v) is 8.45. The fourth-order valence-corrected chi connectivity index (χ4v) is 2.72. The average Bonchev–Trinajstić information content (AvgIpc) is 3.49. The van der Waals surface area contributed by atoms with Gasteiger partial charge in [-0.25, -0.2) is 4.79 Å². The van der Waals surface area contributed by atoms with Crippen LogP contribution in [0.25, 0.3) is 0 Å². The molecule has 3 aromatic rings. The van der Waals surface area contributed by atoms with Crippen molar-refractivity contribution < 1.29 is 14.3 Å². The molecule has 0 aliphatic heterocycles. The van der Waals surface area contributed by atoms with Crippen molar-refractivity contribution in [3.63, 3.8) is 0 Å². The second-order valence-corrected chi connectivity index (χ2v) is 6.29. The number of anilines is 2. The van der Waals surface area contributed by atoms with Gasteiger partial charge in [0.05, 0.1) is 6.07 Å². The topological polar surface area (TPSA) is 84.6 Å². The van der Waals surface area contributed by atoms with Crippen molar-refractivity contribution in [2.75, 3.05) is 5.32 Å². The molecule has 4 rings (SSSR count). The van der Waals surface area contributed by atoms with Crippen LogP contribution in [0, 0.1) is 0 Å². The Balaban J connectivity index is 1.50. The van der Waals surface area contributed by atoms with Gasteiger partial charge < -0.3 is 19.6 Å². The largest absolute Gasteiger partial charge is 0.505 e. The number of aromatic hydroxyl groups is 1. The molecule has 1 aliphatic carbocycles. The van der Waals surface area contributed by atoms with Gasteiger partial charge in [0, 0.05) is 23.6 Å². The van der Waals surface area contributed by atoms with E-state index in [-0.39, 0.29) is 24.0 Å². The summed E-state index contributed by atoms with van der Waals surface area (Å²) in [7, 11) is 0. The van der Waals surface area contributed by atoms with Gasteiger partial charge in [0.2, 0.25) is 0 Å². The van der Waals surface area contributed by atoms with Gasteiger partial charge in [-0.05, 0) is 42.5 Å². The van der Waals surface area contributed by atoms with Crippen LogP contribution in [0.5, 0.6) is 11.7 Å². The number of aromatic nitrogens is 1. The van der Waals surface area contributed by atoms with Crippen LogP contribution in [0.2, 0.25) is 0 Å². The van der Waals surface area contributed by atoms with Crippen molar-refractivity contribution >= 4 is 11.4 Å². The molecule has 0 atom stereocenters. The minimum atomic E-state index is -0.692. The number of nitrogens with zero attached hydrogens (tertiary/aromatic N) is 1. The third kappa shape index (κ3) is 3.69. The Morgan fingerprint density at radius 2 is 2.12 bits per heavy atom. The summed E-state index contributed by atoms with van der Waals surface area (Å²) in [5.74, 6) is 0.331. The van der Waals surface area contributed by atoms with E-state index in [0.717, 1.165) is 11.3 Å². The molecular weight excluding hydrogens is 332 g/mol. The lowest BCUT2D eigenvalue weighted by atomic mass is 10.1. The first-order valence-electron chi connectivity index (χ1n) is 8.45. The third-order valence-corrected chi connectivity index (χ3v) is 4.22. The number of benzene rings is 1. The standard InChI is InChI=1S/C20H18N2O4/c23-17-10-18(25-12-13-3-2-8-21-11-13)26-20(24)19(17)22-16-5-1-4-15(9-16)14-6-7-14/h1-5,8-11,14,22-23H,6-7,12H2. The smallest absolute Gasteiger partial charge is 0.366 e. The number of hydrogen-bond acceptors (Lipinski definition) is 6. The molecule has 2 heterocycles. The first kappa shape index (κ1) is 16.2. The Hall–Kier alpha value is -3.28. The van der Waals surface area contributed by atoms with E-state index in [4.69, 9.17) is 9.15 Å². The van der Waals surface area contributed by atoms with Gasteiger partial charge in [0.1, 0.15) is 6.61 Å². The SMILES string of the molecule is O=c1oc(OCc2cccnc2)cc(O)c1Nc1cccc(C2CC2)c1. The molecule has 0 saturated heterocycles. The summed E-state index contributed by atoms with van der Waals surface area (Å²) in [5, 5.41) is 13.1. The second-order valence-electron chi connectivity index (χ2n) is 6.29. The quantitative estimate of drug-likeness (QED) is 0.700. The van der Waals surface area contributed by atoms with Crippen molar-refractivity contribution in [2.45, 2.75) is 25.4 Å². The van der Waals surface area contributed by atoms with E-state index in [9.17, 15) is 9.90 Å². The van der Waals surface area contributed by atoms with Gasteiger partial charge in [-0.3, -0.25) is 4.98 Å². The third-order valence-electron chi connectivity index (χ3n) is 4.22. The van der Waals surface area contributed by atoms with Crippen LogP contribution >= 0.6 is 0 Å². The van der Waals surface area contributed by atoms with Gasteiger partial charge in [-0.1, -0.05) is 18.2 Å². The average molecular weight is 350 g/mol. The van der Waals surface area contributed by atoms with Crippen LogP contribution in [0.15, 0.2) is 64.1 Å². The van der Waals surface area contributed by atoms with Crippen molar-refractivity contribution in [1.82, 2.24) is 4.98 Å². The van der Waals surface area contributed by atoms with E-state index in [0.29, 0.717) is 5.92 Å². The van der Waals surface area contributed by atoms with Gasteiger partial charge in [-0.15, -0.1) is 0 Å². The Kier molecular flexibility index (Phi) is 4.31. The van der Waals surface area contributed by atoms with Crippen LogP contribution in [-0.2, 0) is 6.61 Å². The lowest BCUT2D eigenvalue weighted by molar-refractivity contribution is 0.218. The fraction of sp³-hybridized carbons (Fsp3) is 0.200. The van der Waals surface area contributed by atoms with Gasteiger partial charge in [0.15, 0.2) is 11.4 Å². The van der Waals surface area contributed by atoms with E-state index in [1.807, 2.05) is 24.3 Å². The highest BCUT2D eigenvalue weighted by Gasteiger charge is 2.23. The van der Waals surface area contributed by atoms with E-state index >= 15 is 0 Å². The number of ether oxygens (including phenoxy) is 1. The Morgan fingerprint density at radius 3 is 2.85 bits per heavy atom. The molecule has 0 amide bonds. The summed E-state index contributed by atoms with van der Waals surface area (Å²) in [6.07, 6.45) is 5.70. The highest BCUT2D eigenvalue weighted by atomic mass is 16.6. The number of nitrogens with one attached hydrogen (secondary N) is 1. The van der Waals surface area contributed by atoms with Crippen molar-refractivity contribution in [2.24, 2.45) is 0 Å². The molecule has 0 spiro atoms. The minimum absolute atomic E-state index is 0.00771. The van der Waals surface area contributed by atoms with Crippen LogP contribution in [0.1, 0.15) is 29.9 Å². The maximum Gasteiger partial charge on any atom is 0.366 e. The molecule has 132 valence electrons. The zero-order valence-electron chi connectivity index (χ0n) is 14.0. The summed E-state index contributed by atoms with van der Waals surface area (Å²) in [6.45, 7) is 0.187. The van der Waals surface area contributed by atoms with Crippen molar-refractivity contribution in [3.05, 3.63) is 76.4 Å². The Labute approximate surface area is 150 Å². The predicted octanol–water partition coefficient (Wildman–Crippen LogP) is 3.94. The number of hydrogen-bond donors (Lipinski definition) is 2. The highest BCUT2D eigenvalue weighted by molar-refractivity contribution is 5.65. The fourth-order valence-electron chi connectivity index (χ4n) is 2.72. The van der Waals surface area contributed by atoms with E-state index in [1.165, 1.54) is 24.5 Å². The maximum atomic E-state index is 12.2. The molecule has 0 bridgehead atoms. The molecule has 1 aliphatic rings. The summed E-state index contributed by atoms with van der Waals surface area (Å²) in [5.41, 5.74) is 2.10. The zero-order valence-corrected chi connectivity index (χ0v) is 14.0. The molecule has 2 aromatic heterocycles. The predicted molar refractivity (Wildman–Crippen MR) is 96.9 cm³/mol. The second kappa shape index (κ2) is 6.92. The molecule has 1 aromatic carbocycles. The summed E-state index contributed by atoms with van der Waals surface area (Å²) < 4.78 is 10.6. The minimum Gasteiger partial charge on any atom is -0.505 e. The monoisotopic (exact) mass is 350 g/mol. The summed E-state index contributed by atoms with van der Waals surface area (Å²) in [6, 6.07) is 12.7. The molecule has 26 heavy (non-hydrogen) atoms.